The molecule has 0 radical (unpaired) electrons. The molecular formula is C18H27N5OS. The normalized spacial score (nSPS) is 10.8. The zero-order valence-electron chi connectivity index (χ0n) is 14.8. The number of rotatable bonds is 11. The van der Waals surface area contributed by atoms with Gasteiger partial charge in [0.15, 0.2) is 0 Å². The molecule has 1 aromatic carbocycles. The summed E-state index contributed by atoms with van der Waals surface area (Å²) < 4.78 is 1.94. The number of tetrazole rings is 1. The van der Waals surface area contributed by atoms with E-state index in [9.17, 15) is 4.79 Å². The highest BCUT2D eigenvalue weighted by Crippen LogP contribution is 2.15. The number of hydrogen-bond donors (Lipinski definition) is 2. The van der Waals surface area contributed by atoms with E-state index in [0.717, 1.165) is 24.2 Å². The summed E-state index contributed by atoms with van der Waals surface area (Å²) in [6.07, 6.45) is 10.4. The molecule has 2 aromatic rings. The van der Waals surface area contributed by atoms with Gasteiger partial charge in [0.05, 0.1) is 5.69 Å². The van der Waals surface area contributed by atoms with Crippen molar-refractivity contribution in [2.75, 3.05) is 5.32 Å². The van der Waals surface area contributed by atoms with Crippen LogP contribution in [0, 0.1) is 4.77 Å². The SMILES string of the molecule is CCCCCCCCCCC(=O)Nc1cccc(-n2[nH]nnc2=S)c1. The average Bonchev–Trinajstić information content (AvgIpc) is 3.03. The third kappa shape index (κ3) is 6.78. The van der Waals surface area contributed by atoms with E-state index in [0.29, 0.717) is 11.2 Å². The predicted molar refractivity (Wildman–Crippen MR) is 102 cm³/mol. The van der Waals surface area contributed by atoms with Crippen LogP contribution >= 0.6 is 12.2 Å². The van der Waals surface area contributed by atoms with E-state index >= 15 is 0 Å². The first kappa shape index (κ1) is 19.3. The van der Waals surface area contributed by atoms with E-state index in [1.807, 2.05) is 24.3 Å². The Morgan fingerprint density at radius 1 is 1.16 bits per heavy atom. The van der Waals surface area contributed by atoms with Gasteiger partial charge in [0.1, 0.15) is 0 Å². The third-order valence-electron chi connectivity index (χ3n) is 4.12. The van der Waals surface area contributed by atoms with Crippen molar-refractivity contribution < 1.29 is 4.79 Å². The summed E-state index contributed by atoms with van der Waals surface area (Å²) in [6, 6.07) is 7.46. The van der Waals surface area contributed by atoms with Gasteiger partial charge in [-0.05, 0) is 36.8 Å². The second kappa shape index (κ2) is 10.8. The lowest BCUT2D eigenvalue weighted by Gasteiger charge is -2.07. The Hall–Kier alpha value is -2.02. The van der Waals surface area contributed by atoms with Crippen molar-refractivity contribution in [2.24, 2.45) is 0 Å². The zero-order valence-corrected chi connectivity index (χ0v) is 15.6. The van der Waals surface area contributed by atoms with E-state index in [-0.39, 0.29) is 5.91 Å². The second-order valence-electron chi connectivity index (χ2n) is 6.24. The summed E-state index contributed by atoms with van der Waals surface area (Å²) in [5.74, 6) is 0.0504. The van der Waals surface area contributed by atoms with E-state index < -0.39 is 0 Å². The van der Waals surface area contributed by atoms with Gasteiger partial charge in [0, 0.05) is 12.1 Å². The molecule has 1 heterocycles. The number of benzene rings is 1. The molecule has 25 heavy (non-hydrogen) atoms. The summed E-state index contributed by atoms with van der Waals surface area (Å²) >= 11 is 5.08. The van der Waals surface area contributed by atoms with E-state index in [1.165, 1.54) is 38.5 Å². The standard InChI is InChI=1S/C18H27N5OS/c1-2-3-4-5-6-7-8-9-13-17(24)19-15-11-10-12-16(14-15)23-18(25)20-21-22-23/h10-12,14H,2-9,13H2,1H3,(H,19,24)(H,20,22,25). The highest BCUT2D eigenvalue weighted by atomic mass is 32.1. The molecule has 0 atom stereocenters. The molecule has 0 aliphatic carbocycles. The fourth-order valence-corrected chi connectivity index (χ4v) is 2.92. The van der Waals surface area contributed by atoms with E-state index in [2.05, 4.69) is 27.8 Å². The predicted octanol–water partition coefficient (Wildman–Crippen LogP) is 4.79. The number of amides is 1. The van der Waals surface area contributed by atoms with Crippen LogP contribution in [-0.4, -0.2) is 26.1 Å². The van der Waals surface area contributed by atoms with Gasteiger partial charge in [-0.1, -0.05) is 68.2 Å². The van der Waals surface area contributed by atoms with Gasteiger partial charge in [-0.15, -0.1) is 0 Å². The Morgan fingerprint density at radius 2 is 1.88 bits per heavy atom. The Kier molecular flexibility index (Phi) is 8.31. The number of carbonyl (C=O) groups excluding carboxylic acids is 1. The summed E-state index contributed by atoms with van der Waals surface area (Å²) in [7, 11) is 0. The van der Waals surface area contributed by atoms with Gasteiger partial charge >= 0.3 is 0 Å². The number of anilines is 1. The summed E-state index contributed by atoms with van der Waals surface area (Å²) in [4.78, 5) is 12.1. The van der Waals surface area contributed by atoms with Gasteiger partial charge in [-0.2, -0.15) is 5.21 Å². The zero-order chi connectivity index (χ0) is 17.9. The molecule has 1 aromatic heterocycles. The van der Waals surface area contributed by atoms with Crippen molar-refractivity contribution in [2.45, 2.75) is 64.7 Å². The van der Waals surface area contributed by atoms with Crippen LogP contribution < -0.4 is 5.32 Å². The van der Waals surface area contributed by atoms with Crippen molar-refractivity contribution in [3.8, 4) is 5.69 Å². The van der Waals surface area contributed by atoms with Crippen LogP contribution in [0.4, 0.5) is 5.69 Å². The number of aromatic nitrogens is 4. The third-order valence-corrected chi connectivity index (χ3v) is 4.38. The monoisotopic (exact) mass is 361 g/mol. The Bertz CT molecular complexity index is 709. The molecular weight excluding hydrogens is 334 g/mol. The summed E-state index contributed by atoms with van der Waals surface area (Å²) in [6.45, 7) is 2.23. The molecule has 2 rings (SSSR count). The molecule has 136 valence electrons. The first-order valence-electron chi connectivity index (χ1n) is 9.11. The van der Waals surface area contributed by atoms with Crippen molar-refractivity contribution in [1.82, 2.24) is 20.2 Å². The molecule has 6 nitrogen and oxygen atoms in total. The van der Waals surface area contributed by atoms with Gasteiger partial charge in [-0.25, -0.2) is 4.68 Å². The first-order valence-corrected chi connectivity index (χ1v) is 9.52. The maximum Gasteiger partial charge on any atom is 0.242 e. The molecule has 2 N–H and O–H groups in total. The Labute approximate surface area is 154 Å². The largest absolute Gasteiger partial charge is 0.326 e. The first-order chi connectivity index (χ1) is 12.2. The molecule has 0 bridgehead atoms. The van der Waals surface area contributed by atoms with Crippen LogP contribution in [0.2, 0.25) is 0 Å². The number of nitrogens with zero attached hydrogens (tertiary/aromatic N) is 3. The van der Waals surface area contributed by atoms with Gasteiger partial charge < -0.3 is 5.32 Å². The molecule has 0 saturated carbocycles. The topological polar surface area (TPSA) is 75.6 Å². The molecule has 0 spiro atoms. The van der Waals surface area contributed by atoms with E-state index in [1.54, 1.807) is 4.68 Å². The van der Waals surface area contributed by atoms with Gasteiger partial charge in [-0.3, -0.25) is 4.79 Å². The lowest BCUT2D eigenvalue weighted by molar-refractivity contribution is -0.116. The Morgan fingerprint density at radius 3 is 2.56 bits per heavy atom. The number of carbonyl (C=O) groups is 1. The second-order valence-corrected chi connectivity index (χ2v) is 6.61. The quantitative estimate of drug-likeness (QED) is 0.445. The van der Waals surface area contributed by atoms with Crippen LogP contribution in [0.5, 0.6) is 0 Å². The lowest BCUT2D eigenvalue weighted by atomic mass is 10.1. The fraction of sp³-hybridized carbons (Fsp3) is 0.556. The average molecular weight is 362 g/mol. The number of hydrogen-bond acceptors (Lipinski definition) is 4. The maximum atomic E-state index is 12.1. The molecule has 0 aliphatic rings. The number of aromatic amines is 1. The molecule has 0 saturated heterocycles. The number of unbranched alkanes of at least 4 members (excludes halogenated alkanes) is 7. The summed E-state index contributed by atoms with van der Waals surface area (Å²) in [5, 5.41) is 13.1. The fourth-order valence-electron chi connectivity index (χ4n) is 2.73. The number of H-pyrrole nitrogens is 1. The van der Waals surface area contributed by atoms with Crippen molar-refractivity contribution >= 4 is 23.8 Å². The van der Waals surface area contributed by atoms with Crippen molar-refractivity contribution in [1.29, 1.82) is 0 Å². The summed E-state index contributed by atoms with van der Waals surface area (Å²) in [5.41, 5.74) is 1.54. The highest BCUT2D eigenvalue weighted by Gasteiger charge is 2.05. The minimum atomic E-state index is 0.0504. The lowest BCUT2D eigenvalue weighted by Crippen LogP contribution is -2.11. The van der Waals surface area contributed by atoms with Crippen LogP contribution in [0.1, 0.15) is 64.7 Å². The van der Waals surface area contributed by atoms with Crippen LogP contribution in [0.3, 0.4) is 0 Å². The van der Waals surface area contributed by atoms with Gasteiger partial charge in [0.2, 0.25) is 10.7 Å². The number of nitrogens with one attached hydrogen (secondary N) is 2. The van der Waals surface area contributed by atoms with Crippen molar-refractivity contribution in [3.05, 3.63) is 29.0 Å². The minimum absolute atomic E-state index is 0.0504. The minimum Gasteiger partial charge on any atom is -0.326 e. The molecule has 0 unspecified atom stereocenters. The molecule has 0 fully saturated rings. The smallest absolute Gasteiger partial charge is 0.242 e. The maximum absolute atomic E-state index is 12.1. The van der Waals surface area contributed by atoms with E-state index in [4.69, 9.17) is 12.2 Å². The molecule has 1 amide bonds. The van der Waals surface area contributed by atoms with Gasteiger partial charge in [0.25, 0.3) is 0 Å². The van der Waals surface area contributed by atoms with Crippen LogP contribution in [0.15, 0.2) is 24.3 Å². The van der Waals surface area contributed by atoms with Crippen molar-refractivity contribution in [3.63, 3.8) is 0 Å². The van der Waals surface area contributed by atoms with Crippen LogP contribution in [-0.2, 0) is 4.79 Å². The molecule has 7 heteroatoms. The van der Waals surface area contributed by atoms with Crippen LogP contribution in [0.25, 0.3) is 5.69 Å². The molecule has 0 aliphatic heterocycles. The highest BCUT2D eigenvalue weighted by molar-refractivity contribution is 7.71. The Balaban J connectivity index is 1.71.